The molecule has 118 valence electrons. The highest BCUT2D eigenvalue weighted by molar-refractivity contribution is 5.98. The molecule has 1 saturated carbocycles. The summed E-state index contributed by atoms with van der Waals surface area (Å²) in [5, 5.41) is 3.20. The molecule has 3 rings (SSSR count). The lowest BCUT2D eigenvalue weighted by molar-refractivity contribution is -0.119. The molecular formula is C18H22FNO2. The number of carbonyl (C=O) groups excluding carboxylic acids is 1. The lowest BCUT2D eigenvalue weighted by Gasteiger charge is -2.36. The highest BCUT2D eigenvalue weighted by Crippen LogP contribution is 2.34. The van der Waals surface area contributed by atoms with Crippen LogP contribution in [0.3, 0.4) is 0 Å². The summed E-state index contributed by atoms with van der Waals surface area (Å²) in [4.78, 5) is 12.5. The van der Waals surface area contributed by atoms with Crippen LogP contribution in [-0.4, -0.2) is 11.5 Å². The van der Waals surface area contributed by atoms with Gasteiger partial charge in [0.2, 0.25) is 0 Å². The summed E-state index contributed by atoms with van der Waals surface area (Å²) in [6.45, 7) is 3.77. The van der Waals surface area contributed by atoms with Crippen LogP contribution in [0.25, 0.3) is 5.70 Å². The first-order valence-corrected chi connectivity index (χ1v) is 7.97. The number of benzene rings is 1. The number of hydrogen-bond acceptors (Lipinski definition) is 3. The number of allylic oxidation sites excluding steroid dienone is 1. The number of carbonyl (C=O) groups is 1. The Kier molecular flexibility index (Phi) is 3.94. The van der Waals surface area contributed by atoms with Gasteiger partial charge in [-0.05, 0) is 44.9 Å². The molecule has 1 heterocycles. The molecule has 1 fully saturated rings. The number of fused-ring (bicyclic) bond motifs is 1. The summed E-state index contributed by atoms with van der Waals surface area (Å²) in [5.74, 6) is 0.508. The van der Waals surface area contributed by atoms with Gasteiger partial charge in [0.25, 0.3) is 0 Å². The number of nitrogens with one attached hydrogen (secondary N) is 1. The first kappa shape index (κ1) is 15.1. The molecule has 0 spiro atoms. The van der Waals surface area contributed by atoms with Crippen molar-refractivity contribution in [2.45, 2.75) is 51.7 Å². The minimum atomic E-state index is -0.622. The highest BCUT2D eigenvalue weighted by atomic mass is 19.1. The Labute approximate surface area is 130 Å². The number of hydrogen-bond donors (Lipinski definition) is 1. The predicted molar refractivity (Wildman–Crippen MR) is 83.8 cm³/mol. The van der Waals surface area contributed by atoms with E-state index < -0.39 is 5.72 Å². The topological polar surface area (TPSA) is 38.3 Å². The van der Waals surface area contributed by atoms with Gasteiger partial charge in [-0.1, -0.05) is 19.3 Å². The van der Waals surface area contributed by atoms with Crippen molar-refractivity contribution in [1.29, 1.82) is 0 Å². The lowest BCUT2D eigenvalue weighted by Crippen LogP contribution is -2.46. The summed E-state index contributed by atoms with van der Waals surface area (Å²) in [6, 6.07) is 4.41. The second-order valence-electron chi connectivity index (χ2n) is 6.67. The third-order valence-corrected chi connectivity index (χ3v) is 4.33. The molecule has 1 aromatic rings. The molecule has 0 radical (unpaired) electrons. The lowest BCUT2D eigenvalue weighted by atomic mass is 9.85. The second kappa shape index (κ2) is 5.75. The van der Waals surface area contributed by atoms with Crippen molar-refractivity contribution in [2.75, 3.05) is 0 Å². The minimum Gasteiger partial charge on any atom is -0.468 e. The average molecular weight is 303 g/mol. The molecule has 0 saturated heterocycles. The molecule has 0 bridgehead atoms. The van der Waals surface area contributed by atoms with Gasteiger partial charge in [-0.2, -0.15) is 0 Å². The maximum Gasteiger partial charge on any atom is 0.175 e. The highest BCUT2D eigenvalue weighted by Gasteiger charge is 2.30. The van der Waals surface area contributed by atoms with E-state index in [9.17, 15) is 9.18 Å². The third-order valence-electron chi connectivity index (χ3n) is 4.33. The predicted octanol–water partition coefficient (Wildman–Crippen LogP) is 4.03. The molecule has 0 atom stereocenters. The van der Waals surface area contributed by atoms with E-state index in [2.05, 4.69) is 5.32 Å². The van der Waals surface area contributed by atoms with Gasteiger partial charge in [0.1, 0.15) is 11.6 Å². The average Bonchev–Trinajstić information content (AvgIpc) is 2.48. The van der Waals surface area contributed by atoms with Crippen LogP contribution >= 0.6 is 0 Å². The van der Waals surface area contributed by atoms with Crippen LogP contribution in [0.15, 0.2) is 24.3 Å². The standard InChI is InChI=1S/C18H22FNO2/c1-18(2)20-15(11-16(21)12-6-4-3-5-7-12)14-10-13(19)8-9-17(14)22-18/h8-12,20H,3-7H2,1-2H3/b15-11-. The van der Waals surface area contributed by atoms with Crippen molar-refractivity contribution in [3.63, 3.8) is 0 Å². The van der Waals surface area contributed by atoms with Crippen molar-refractivity contribution >= 4 is 11.5 Å². The molecule has 2 aliphatic rings. The van der Waals surface area contributed by atoms with Crippen molar-refractivity contribution in [2.24, 2.45) is 5.92 Å². The zero-order valence-corrected chi connectivity index (χ0v) is 13.1. The van der Waals surface area contributed by atoms with E-state index in [-0.39, 0.29) is 17.5 Å². The smallest absolute Gasteiger partial charge is 0.175 e. The van der Waals surface area contributed by atoms with Crippen molar-refractivity contribution < 1.29 is 13.9 Å². The van der Waals surface area contributed by atoms with Gasteiger partial charge in [-0.15, -0.1) is 0 Å². The molecule has 1 aliphatic heterocycles. The Hall–Kier alpha value is -1.84. The number of ketones is 1. The molecule has 3 nitrogen and oxygen atoms in total. The summed E-state index contributed by atoms with van der Waals surface area (Å²) >= 11 is 0. The molecule has 1 aromatic carbocycles. The monoisotopic (exact) mass is 303 g/mol. The van der Waals surface area contributed by atoms with Crippen LogP contribution in [0.5, 0.6) is 5.75 Å². The van der Waals surface area contributed by atoms with Crippen LogP contribution in [0.4, 0.5) is 4.39 Å². The minimum absolute atomic E-state index is 0.103. The Bertz CT molecular complexity index is 616. The fraction of sp³-hybridized carbons (Fsp3) is 0.500. The quantitative estimate of drug-likeness (QED) is 0.838. The molecule has 0 aromatic heterocycles. The van der Waals surface area contributed by atoms with E-state index in [1.165, 1.54) is 18.6 Å². The van der Waals surface area contributed by atoms with Gasteiger partial charge in [0, 0.05) is 17.6 Å². The SMILES string of the molecule is CC1(C)N/C(=C\C(=O)C2CCCCC2)c2cc(F)ccc2O1. The van der Waals surface area contributed by atoms with Crippen molar-refractivity contribution in [1.82, 2.24) is 5.32 Å². The van der Waals surface area contributed by atoms with E-state index in [1.807, 2.05) is 13.8 Å². The Morgan fingerprint density at radius 1 is 1.32 bits per heavy atom. The van der Waals surface area contributed by atoms with Gasteiger partial charge >= 0.3 is 0 Å². The van der Waals surface area contributed by atoms with E-state index in [0.29, 0.717) is 17.0 Å². The van der Waals surface area contributed by atoms with Gasteiger partial charge < -0.3 is 10.1 Å². The zero-order chi connectivity index (χ0) is 15.7. The van der Waals surface area contributed by atoms with Gasteiger partial charge in [-0.3, -0.25) is 4.79 Å². The normalized spacial score (nSPS) is 22.6. The van der Waals surface area contributed by atoms with Crippen LogP contribution in [0, 0.1) is 11.7 Å². The Balaban J connectivity index is 1.93. The summed E-state index contributed by atoms with van der Waals surface area (Å²) in [5.41, 5.74) is 0.647. The maximum atomic E-state index is 13.6. The molecule has 1 aliphatic carbocycles. The summed E-state index contributed by atoms with van der Waals surface area (Å²) < 4.78 is 19.4. The third kappa shape index (κ3) is 3.16. The molecule has 22 heavy (non-hydrogen) atoms. The largest absolute Gasteiger partial charge is 0.468 e. The van der Waals surface area contributed by atoms with Gasteiger partial charge in [0.05, 0.1) is 5.70 Å². The fourth-order valence-electron chi connectivity index (χ4n) is 3.25. The van der Waals surface area contributed by atoms with Crippen molar-refractivity contribution in [3.8, 4) is 5.75 Å². The Morgan fingerprint density at radius 3 is 2.77 bits per heavy atom. The van der Waals surface area contributed by atoms with Crippen LogP contribution in [-0.2, 0) is 4.79 Å². The summed E-state index contributed by atoms with van der Waals surface area (Å²) in [7, 11) is 0. The first-order valence-electron chi connectivity index (χ1n) is 7.97. The van der Waals surface area contributed by atoms with Gasteiger partial charge in [0.15, 0.2) is 11.5 Å². The maximum absolute atomic E-state index is 13.6. The van der Waals surface area contributed by atoms with Crippen molar-refractivity contribution in [3.05, 3.63) is 35.7 Å². The molecule has 0 amide bonds. The fourth-order valence-corrected chi connectivity index (χ4v) is 3.25. The van der Waals surface area contributed by atoms with Crippen LogP contribution in [0.1, 0.15) is 51.5 Å². The molecule has 4 heteroatoms. The van der Waals surface area contributed by atoms with E-state index in [4.69, 9.17) is 4.74 Å². The second-order valence-corrected chi connectivity index (χ2v) is 6.67. The first-order chi connectivity index (χ1) is 10.4. The van der Waals surface area contributed by atoms with Crippen LogP contribution in [0.2, 0.25) is 0 Å². The number of rotatable bonds is 2. The zero-order valence-electron chi connectivity index (χ0n) is 13.1. The molecule has 0 unspecified atom stereocenters. The Morgan fingerprint density at radius 2 is 2.05 bits per heavy atom. The van der Waals surface area contributed by atoms with Gasteiger partial charge in [-0.25, -0.2) is 4.39 Å². The number of ether oxygens (including phenoxy) is 1. The van der Waals surface area contributed by atoms with E-state index in [0.717, 1.165) is 25.7 Å². The molecule has 1 N–H and O–H groups in total. The van der Waals surface area contributed by atoms with Crippen LogP contribution < -0.4 is 10.1 Å². The number of halogens is 1. The van der Waals surface area contributed by atoms with E-state index >= 15 is 0 Å². The van der Waals surface area contributed by atoms with E-state index in [1.54, 1.807) is 12.1 Å². The molecular weight excluding hydrogens is 281 g/mol. The summed E-state index contributed by atoms with van der Waals surface area (Å²) in [6.07, 6.45) is 7.00.